The highest BCUT2D eigenvalue weighted by Gasteiger charge is 2.41. The molecule has 2 aliphatic rings. The van der Waals surface area contributed by atoms with Gasteiger partial charge in [0.25, 0.3) is 0 Å². The number of rotatable bonds is 7. The van der Waals surface area contributed by atoms with E-state index >= 15 is 0 Å². The Kier molecular flexibility index (Phi) is 9.22. The van der Waals surface area contributed by atoms with Crippen LogP contribution < -0.4 is 0 Å². The zero-order valence-electron chi connectivity index (χ0n) is 21.6. The monoisotopic (exact) mass is 588 g/mol. The number of carbonyl (C=O) groups is 2. The molecule has 6 nitrogen and oxygen atoms in total. The summed E-state index contributed by atoms with van der Waals surface area (Å²) < 4.78 is 53.3. The summed E-state index contributed by atoms with van der Waals surface area (Å²) in [7, 11) is 1.83. The van der Waals surface area contributed by atoms with Gasteiger partial charge in [-0.15, -0.1) is 0 Å². The van der Waals surface area contributed by atoms with Crippen LogP contribution in [0.4, 0.5) is 17.6 Å². The van der Waals surface area contributed by atoms with Gasteiger partial charge < -0.3 is 9.69 Å². The van der Waals surface area contributed by atoms with Gasteiger partial charge in [0, 0.05) is 64.7 Å². The number of nitrogens with zero attached hydrogens (tertiary/aromatic N) is 4. The van der Waals surface area contributed by atoms with Crippen molar-refractivity contribution in [2.24, 2.45) is 0 Å². The van der Waals surface area contributed by atoms with Crippen molar-refractivity contribution in [2.45, 2.75) is 37.8 Å². The molecule has 0 saturated carbocycles. The summed E-state index contributed by atoms with van der Waals surface area (Å²) in [6.45, 7) is 4.92. The lowest BCUT2D eigenvalue weighted by Gasteiger charge is -2.40. The summed E-state index contributed by atoms with van der Waals surface area (Å²) in [4.78, 5) is 31.9. The van der Waals surface area contributed by atoms with Crippen LogP contribution in [0.1, 0.15) is 29.5 Å². The van der Waals surface area contributed by atoms with E-state index in [1.807, 2.05) is 22.9 Å². The summed E-state index contributed by atoms with van der Waals surface area (Å²) in [5, 5.41) is 0.806. The van der Waals surface area contributed by atoms with E-state index in [4.69, 9.17) is 23.2 Å². The molecule has 2 saturated heterocycles. The Balaban J connectivity index is 1.57. The summed E-state index contributed by atoms with van der Waals surface area (Å²) in [6, 6.07) is 8.19. The maximum absolute atomic E-state index is 14.3. The fraction of sp³-hybridized carbons (Fsp3) is 0.481. The maximum Gasteiger partial charge on any atom is 0.419 e. The molecule has 2 aromatic rings. The van der Waals surface area contributed by atoms with E-state index in [0.29, 0.717) is 54.9 Å². The SMILES string of the molecule is CC(=O)N1CCN(C(C=O)N2C[C@H](c3ccc(Cl)c(Cl)c3)[C@H](N(C)Cc3ccc(C(F)(F)F)c(F)c3)C2)CC1. The van der Waals surface area contributed by atoms with Crippen molar-refractivity contribution in [3.63, 3.8) is 0 Å². The van der Waals surface area contributed by atoms with Crippen LogP contribution in [0.3, 0.4) is 0 Å². The number of hydrogen-bond acceptors (Lipinski definition) is 5. The Bertz CT molecular complexity index is 1210. The average Bonchev–Trinajstić information content (AvgIpc) is 3.31. The number of amides is 1. The summed E-state index contributed by atoms with van der Waals surface area (Å²) >= 11 is 12.5. The molecule has 4 rings (SSSR count). The number of halogens is 6. The van der Waals surface area contributed by atoms with Crippen LogP contribution >= 0.6 is 23.2 Å². The van der Waals surface area contributed by atoms with E-state index in [9.17, 15) is 27.2 Å². The molecule has 0 radical (unpaired) electrons. The Morgan fingerprint density at radius 2 is 1.74 bits per heavy atom. The van der Waals surface area contributed by atoms with E-state index in [1.54, 1.807) is 17.0 Å². The molecule has 2 aliphatic heterocycles. The van der Waals surface area contributed by atoms with E-state index in [1.165, 1.54) is 13.0 Å². The Morgan fingerprint density at radius 3 is 2.31 bits per heavy atom. The first-order valence-corrected chi connectivity index (χ1v) is 13.3. The Morgan fingerprint density at radius 1 is 1.05 bits per heavy atom. The number of likely N-dealkylation sites (N-methyl/N-ethyl adjacent to an activating group) is 1. The molecule has 0 aromatic heterocycles. The van der Waals surface area contributed by atoms with Gasteiger partial charge in [-0.25, -0.2) is 4.39 Å². The molecule has 0 aliphatic carbocycles. The van der Waals surface area contributed by atoms with Crippen molar-refractivity contribution in [3.05, 3.63) is 69.0 Å². The number of piperazine rings is 1. The first kappa shape index (κ1) is 29.7. The predicted octanol–water partition coefficient (Wildman–Crippen LogP) is 4.74. The fourth-order valence-corrected chi connectivity index (χ4v) is 5.85. The molecule has 2 heterocycles. The topological polar surface area (TPSA) is 47.1 Å². The van der Waals surface area contributed by atoms with Crippen LogP contribution in [0.2, 0.25) is 10.0 Å². The van der Waals surface area contributed by atoms with Gasteiger partial charge in [-0.05, 0) is 42.4 Å². The Hall–Kier alpha value is -2.24. The lowest BCUT2D eigenvalue weighted by atomic mass is 9.93. The molecular formula is C27H30Cl2F4N4O2. The second kappa shape index (κ2) is 12.1. The standard InChI is InChI=1S/C27H30Cl2F4N4O2/c1-17(39)35-7-9-36(10-8-35)26(16-38)37-14-20(19-4-6-22(28)23(29)12-19)25(15-37)34(2)13-18-3-5-21(24(30)11-18)27(31,32)33/h3-6,11-12,16,20,25-26H,7-10,13-15H2,1-2H3/t20-,25-,26?/m1/s1. The van der Waals surface area contributed by atoms with Gasteiger partial charge >= 0.3 is 6.18 Å². The third kappa shape index (κ3) is 6.74. The molecule has 1 unspecified atom stereocenters. The molecule has 1 amide bonds. The summed E-state index contributed by atoms with van der Waals surface area (Å²) in [5.74, 6) is -1.42. The predicted molar refractivity (Wildman–Crippen MR) is 141 cm³/mol. The molecule has 39 heavy (non-hydrogen) atoms. The van der Waals surface area contributed by atoms with E-state index < -0.39 is 23.7 Å². The van der Waals surface area contributed by atoms with Gasteiger partial charge in [0.2, 0.25) is 5.91 Å². The van der Waals surface area contributed by atoms with Crippen molar-refractivity contribution >= 4 is 35.4 Å². The first-order chi connectivity index (χ1) is 18.4. The minimum atomic E-state index is -4.76. The van der Waals surface area contributed by atoms with Gasteiger partial charge in [0.1, 0.15) is 12.0 Å². The van der Waals surface area contributed by atoms with Crippen molar-refractivity contribution < 1.29 is 27.2 Å². The van der Waals surface area contributed by atoms with Gasteiger partial charge in [-0.1, -0.05) is 35.3 Å². The van der Waals surface area contributed by atoms with Gasteiger partial charge in [-0.2, -0.15) is 13.2 Å². The highest BCUT2D eigenvalue weighted by molar-refractivity contribution is 6.42. The first-order valence-electron chi connectivity index (χ1n) is 12.6. The molecule has 2 fully saturated rings. The average molecular weight is 589 g/mol. The lowest BCUT2D eigenvalue weighted by Crippen LogP contribution is -2.57. The quantitative estimate of drug-likeness (QED) is 0.345. The molecule has 3 atom stereocenters. The third-order valence-electron chi connectivity index (χ3n) is 7.66. The molecule has 212 valence electrons. The highest BCUT2D eigenvalue weighted by atomic mass is 35.5. The Labute approximate surface area is 235 Å². The molecular weight excluding hydrogens is 559 g/mol. The normalized spacial score (nSPS) is 21.9. The summed E-state index contributed by atoms with van der Waals surface area (Å²) in [5.41, 5.74) is 0.0170. The molecule has 0 bridgehead atoms. The number of alkyl halides is 3. The zero-order valence-corrected chi connectivity index (χ0v) is 23.1. The molecule has 0 spiro atoms. The summed E-state index contributed by atoms with van der Waals surface area (Å²) in [6.07, 6.45) is -4.37. The second-order valence-electron chi connectivity index (χ2n) is 10.1. The van der Waals surface area contributed by atoms with Crippen molar-refractivity contribution in [1.29, 1.82) is 0 Å². The second-order valence-corrected chi connectivity index (χ2v) is 10.9. The van der Waals surface area contributed by atoms with Crippen molar-refractivity contribution in [3.8, 4) is 0 Å². The van der Waals surface area contributed by atoms with Crippen LogP contribution in [0.15, 0.2) is 36.4 Å². The lowest BCUT2D eigenvalue weighted by molar-refractivity contribution is -0.140. The zero-order chi connectivity index (χ0) is 28.5. The maximum atomic E-state index is 14.3. The van der Waals surface area contributed by atoms with Gasteiger partial charge in [0.05, 0.1) is 15.6 Å². The van der Waals surface area contributed by atoms with E-state index in [2.05, 4.69) is 4.90 Å². The van der Waals surface area contributed by atoms with E-state index in [-0.39, 0.29) is 24.4 Å². The number of benzene rings is 2. The molecule has 12 heteroatoms. The minimum Gasteiger partial charge on any atom is -0.340 e. The largest absolute Gasteiger partial charge is 0.419 e. The van der Waals surface area contributed by atoms with Crippen LogP contribution in [-0.4, -0.2) is 90.3 Å². The minimum absolute atomic E-state index is 0.000418. The smallest absolute Gasteiger partial charge is 0.340 e. The molecule has 0 N–H and O–H groups in total. The number of likely N-dealkylation sites (tertiary alicyclic amines) is 1. The number of aldehydes is 1. The van der Waals surface area contributed by atoms with Gasteiger partial charge in [-0.3, -0.25) is 19.5 Å². The van der Waals surface area contributed by atoms with Crippen LogP contribution in [0, 0.1) is 5.82 Å². The highest BCUT2D eigenvalue weighted by Crippen LogP contribution is 2.36. The van der Waals surface area contributed by atoms with E-state index in [0.717, 1.165) is 24.0 Å². The van der Waals surface area contributed by atoms with Crippen LogP contribution in [0.5, 0.6) is 0 Å². The van der Waals surface area contributed by atoms with Gasteiger partial charge in [0.15, 0.2) is 6.29 Å². The number of carbonyl (C=O) groups excluding carboxylic acids is 2. The fourth-order valence-electron chi connectivity index (χ4n) is 5.55. The third-order valence-corrected chi connectivity index (χ3v) is 8.39. The molecule has 2 aromatic carbocycles. The van der Waals surface area contributed by atoms with Crippen LogP contribution in [-0.2, 0) is 22.3 Å². The number of hydrogen-bond donors (Lipinski definition) is 0. The van der Waals surface area contributed by atoms with Crippen molar-refractivity contribution in [1.82, 2.24) is 19.6 Å². The van der Waals surface area contributed by atoms with Crippen molar-refractivity contribution in [2.75, 3.05) is 46.3 Å². The van der Waals surface area contributed by atoms with Crippen LogP contribution in [0.25, 0.3) is 0 Å².